The van der Waals surface area contributed by atoms with Crippen molar-refractivity contribution in [2.75, 3.05) is 12.8 Å². The van der Waals surface area contributed by atoms with Crippen molar-refractivity contribution in [2.45, 2.75) is 18.3 Å². The summed E-state index contributed by atoms with van der Waals surface area (Å²) in [6.07, 6.45) is 1.16. The number of aliphatic hydroxyl groups is 2. The van der Waals surface area contributed by atoms with Gasteiger partial charge in [0.25, 0.3) is 11.5 Å². The summed E-state index contributed by atoms with van der Waals surface area (Å²) in [5.41, 5.74) is 1.87. The van der Waals surface area contributed by atoms with Gasteiger partial charge in [0, 0.05) is 17.3 Å². The number of methoxy groups -OCH3 is 1. The first kappa shape index (κ1) is 29.2. The summed E-state index contributed by atoms with van der Waals surface area (Å²) in [6, 6.07) is 10.2. The zero-order chi connectivity index (χ0) is 33.5. The van der Waals surface area contributed by atoms with Gasteiger partial charge in [0.15, 0.2) is 11.2 Å². The van der Waals surface area contributed by atoms with Crippen LogP contribution in [-0.4, -0.2) is 39.5 Å². The number of hydrogen-bond acceptors (Lipinski definition) is 12. The van der Waals surface area contributed by atoms with Gasteiger partial charge in [-0.3, -0.25) is 28.8 Å². The van der Waals surface area contributed by atoms with Crippen LogP contribution in [0.1, 0.15) is 33.6 Å². The van der Waals surface area contributed by atoms with Gasteiger partial charge in [-0.2, -0.15) is 5.10 Å². The Morgan fingerprint density at radius 3 is 2.32 bits per heavy atom. The maximum absolute atomic E-state index is 13.6. The molecule has 14 nitrogen and oxygen atoms in total. The molecule has 1 unspecified atom stereocenters. The van der Waals surface area contributed by atoms with Crippen LogP contribution in [0.2, 0.25) is 0 Å². The second kappa shape index (κ2) is 9.97. The number of phenols is 1. The van der Waals surface area contributed by atoms with Crippen molar-refractivity contribution in [1.82, 2.24) is 10.4 Å². The van der Waals surface area contributed by atoms with Crippen molar-refractivity contribution in [2.24, 2.45) is 5.10 Å². The summed E-state index contributed by atoms with van der Waals surface area (Å²) in [7, 11) is 1.11. The van der Waals surface area contributed by atoms with Gasteiger partial charge in [-0.05, 0) is 42.0 Å². The number of fused-ring (bicyclic) bond motifs is 4. The van der Waals surface area contributed by atoms with Crippen LogP contribution in [0.25, 0.3) is 22.3 Å². The minimum absolute atomic E-state index is 0.110. The maximum atomic E-state index is 13.6. The van der Waals surface area contributed by atoms with Crippen molar-refractivity contribution in [3.8, 4) is 11.5 Å². The molecule has 0 fully saturated rings. The zero-order valence-corrected chi connectivity index (χ0v) is 24.3. The molecule has 47 heavy (non-hydrogen) atoms. The van der Waals surface area contributed by atoms with Crippen LogP contribution in [0.5, 0.6) is 11.5 Å². The number of nitrogens with zero attached hydrogens (tertiary/aromatic N) is 1. The van der Waals surface area contributed by atoms with Crippen molar-refractivity contribution in [3.63, 3.8) is 0 Å². The third-order valence-corrected chi connectivity index (χ3v) is 8.85. The van der Waals surface area contributed by atoms with E-state index < -0.39 is 82.5 Å². The molecular formula is C33H22N4O10. The molecular weight excluding hydrogens is 612 g/mol. The number of benzene rings is 2. The zero-order valence-electron chi connectivity index (χ0n) is 24.3. The molecule has 7 rings (SSSR count). The van der Waals surface area contributed by atoms with E-state index in [9.17, 15) is 44.1 Å². The number of H-pyrrole nitrogens is 1. The number of anilines is 1. The standard InChI is InChI=1S/C33H22N4O10/c1-47-18-10-17(38)20-21(25(18)39)27(41)23-22(26(20)40)29(43)33(30(23)44)7-6-12-8-13-9-14(36-32(46)19(13)28(42)24(12)33)11-35-37-31(45)15-4-2-3-5-16(15)34/h2-5,8-11,42-44H,6-7,34H2,1H3,(H,36,46)(H,37,45). The third-order valence-electron chi connectivity index (χ3n) is 8.85. The van der Waals surface area contributed by atoms with E-state index in [0.29, 0.717) is 5.56 Å². The van der Waals surface area contributed by atoms with E-state index in [1.807, 2.05) is 0 Å². The maximum Gasteiger partial charge on any atom is 0.273 e. The molecule has 3 aromatic rings. The van der Waals surface area contributed by atoms with E-state index in [-0.39, 0.29) is 46.1 Å². The average Bonchev–Trinajstić information content (AvgIpc) is 3.53. The molecule has 4 aliphatic carbocycles. The van der Waals surface area contributed by atoms with Gasteiger partial charge >= 0.3 is 0 Å². The number of carbonyl (C=O) groups excluding carboxylic acids is 1. The molecule has 234 valence electrons. The van der Waals surface area contributed by atoms with Crippen molar-refractivity contribution in [3.05, 3.63) is 137 Å². The Morgan fingerprint density at radius 2 is 1.64 bits per heavy atom. The van der Waals surface area contributed by atoms with Gasteiger partial charge in [0.1, 0.15) is 22.7 Å². The number of aromatic hydroxyl groups is 1. The van der Waals surface area contributed by atoms with Gasteiger partial charge in [-0.15, -0.1) is 0 Å². The fourth-order valence-corrected chi connectivity index (χ4v) is 6.76. The van der Waals surface area contributed by atoms with E-state index in [1.54, 1.807) is 24.3 Å². The number of hydrogen-bond donors (Lipinski definition) is 6. The smallest absolute Gasteiger partial charge is 0.273 e. The van der Waals surface area contributed by atoms with Crippen LogP contribution < -0.4 is 53.6 Å². The lowest BCUT2D eigenvalue weighted by molar-refractivity contribution is 0.0956. The summed E-state index contributed by atoms with van der Waals surface area (Å²) in [6.45, 7) is 0. The summed E-state index contributed by atoms with van der Waals surface area (Å²) < 4.78 is 4.89. The molecule has 14 heteroatoms. The summed E-state index contributed by atoms with van der Waals surface area (Å²) in [4.78, 5) is 81.2. The second-order valence-corrected chi connectivity index (χ2v) is 11.2. The quantitative estimate of drug-likeness (QED) is 0.0785. The number of pyridine rings is 1. The molecule has 0 radical (unpaired) electrons. The Bertz CT molecular complexity index is 2780. The number of nitrogen functional groups attached to an aromatic ring is 1. The van der Waals surface area contributed by atoms with Crippen LogP contribution >= 0.6 is 0 Å². The molecule has 0 bridgehead atoms. The van der Waals surface area contributed by atoms with E-state index >= 15 is 0 Å². The lowest BCUT2D eigenvalue weighted by atomic mass is 9.78. The van der Waals surface area contributed by atoms with Gasteiger partial charge in [-0.25, -0.2) is 5.43 Å². The SMILES string of the molecule is COc1cc(=O)c2c(=O)c3c(c(=O)c=2c1=O)=C(O)C1(CCc2cc4cc(C=NNC(=O)c5ccccc5N)[nH]c(=O)c4c(O)c21)C=3O. The normalized spacial score (nSPS) is 16.8. The van der Waals surface area contributed by atoms with E-state index in [4.69, 9.17) is 10.5 Å². The Balaban J connectivity index is 1.40. The number of carbonyl (C=O) groups is 1. The number of aromatic nitrogens is 1. The molecule has 4 aliphatic rings. The monoisotopic (exact) mass is 634 g/mol. The number of aliphatic hydroxyl groups excluding tert-OH is 2. The molecule has 7 N–H and O–H groups in total. The molecule has 2 aromatic carbocycles. The van der Waals surface area contributed by atoms with Crippen LogP contribution in [-0.2, 0) is 11.8 Å². The van der Waals surface area contributed by atoms with Gasteiger partial charge in [-0.1, -0.05) is 18.2 Å². The molecule has 0 saturated heterocycles. The highest BCUT2D eigenvalue weighted by atomic mass is 16.5. The van der Waals surface area contributed by atoms with Gasteiger partial charge in [0.2, 0.25) is 16.3 Å². The number of ether oxygens (including phenoxy) is 1. The molecule has 1 aromatic heterocycles. The molecule has 1 heterocycles. The summed E-state index contributed by atoms with van der Waals surface area (Å²) in [5, 5.41) is 35.7. The Morgan fingerprint density at radius 1 is 0.957 bits per heavy atom. The Labute approximate surface area is 260 Å². The predicted molar refractivity (Wildman–Crippen MR) is 169 cm³/mol. The number of amides is 1. The number of aromatic amines is 1. The number of para-hydroxylation sites is 1. The number of phenolic OH excluding ortho intramolecular Hbond substituents is 1. The number of nitrogens with one attached hydrogen (secondary N) is 2. The topological polar surface area (TPSA) is 239 Å². The minimum atomic E-state index is -2.02. The highest BCUT2D eigenvalue weighted by molar-refractivity contribution is 6.00. The van der Waals surface area contributed by atoms with Crippen LogP contribution in [0.15, 0.2) is 71.5 Å². The molecule has 0 saturated carbocycles. The summed E-state index contributed by atoms with van der Waals surface area (Å²) >= 11 is 0. The van der Waals surface area contributed by atoms with E-state index in [2.05, 4.69) is 15.5 Å². The number of aryl methyl sites for hydroxylation is 1. The molecule has 0 aliphatic heterocycles. The van der Waals surface area contributed by atoms with E-state index in [1.165, 1.54) is 18.3 Å². The first-order valence-electron chi connectivity index (χ1n) is 14.1. The van der Waals surface area contributed by atoms with Gasteiger partial charge in [0.05, 0.1) is 50.8 Å². The first-order valence-corrected chi connectivity index (χ1v) is 14.1. The second-order valence-electron chi connectivity index (χ2n) is 11.2. The third kappa shape index (κ3) is 3.81. The van der Waals surface area contributed by atoms with Crippen molar-refractivity contribution >= 4 is 40.1 Å². The molecule has 1 atom stereocenters. The number of rotatable bonds is 4. The molecule has 1 amide bonds. The van der Waals surface area contributed by atoms with E-state index in [0.717, 1.165) is 13.2 Å². The first-order chi connectivity index (χ1) is 22.4. The fraction of sp³-hybridized carbons (Fsp3) is 0.121. The predicted octanol–water partition coefficient (Wildman–Crippen LogP) is -1.14. The number of hydrazone groups is 1. The summed E-state index contributed by atoms with van der Waals surface area (Å²) in [5.74, 6) is -3.27. The lowest BCUT2D eigenvalue weighted by Gasteiger charge is -2.27. The van der Waals surface area contributed by atoms with Crippen LogP contribution in [0.3, 0.4) is 0 Å². The van der Waals surface area contributed by atoms with Crippen LogP contribution in [0.4, 0.5) is 5.69 Å². The highest BCUT2D eigenvalue weighted by Crippen LogP contribution is 2.54. The van der Waals surface area contributed by atoms with Gasteiger partial charge < -0.3 is 30.8 Å². The van der Waals surface area contributed by atoms with Crippen molar-refractivity contribution < 1.29 is 24.9 Å². The highest BCUT2D eigenvalue weighted by Gasteiger charge is 2.53. The molecule has 1 spiro atoms. The Hall–Kier alpha value is -6.57. The minimum Gasteiger partial charge on any atom is -0.510 e. The van der Waals surface area contributed by atoms with Crippen molar-refractivity contribution in [1.29, 1.82) is 0 Å². The fourth-order valence-electron chi connectivity index (χ4n) is 6.76. The van der Waals surface area contributed by atoms with Crippen LogP contribution in [0, 0.1) is 10.4 Å². The number of nitrogens with two attached hydrogens (primary N) is 1. The average molecular weight is 635 g/mol. The Kier molecular flexibility index (Phi) is 6.18. The largest absolute Gasteiger partial charge is 0.510 e. The lowest BCUT2D eigenvalue weighted by Crippen LogP contribution is -2.51.